The van der Waals surface area contributed by atoms with Crippen molar-refractivity contribution in [1.29, 1.82) is 0 Å². The molecule has 0 saturated carbocycles. The van der Waals surface area contributed by atoms with E-state index in [4.69, 9.17) is 43.4 Å². The molecule has 0 bridgehead atoms. The molecule has 678 valence electrons. The Morgan fingerprint density at radius 3 is 0.931 bits per heavy atom. The van der Waals surface area contributed by atoms with Crippen molar-refractivity contribution >= 4 is 67.8 Å². The lowest BCUT2D eigenvalue weighted by molar-refractivity contribution is -0.135. The molecule has 3 aliphatic rings. The summed E-state index contributed by atoms with van der Waals surface area (Å²) >= 11 is 0. The van der Waals surface area contributed by atoms with Crippen LogP contribution in [-0.4, -0.2) is 223 Å². The smallest absolute Gasteiger partial charge is 0.454 e. The zero-order valence-corrected chi connectivity index (χ0v) is 74.2. The minimum Gasteiger partial charge on any atom is -0.489 e. The molecule has 0 aliphatic carbocycles. The van der Waals surface area contributed by atoms with Gasteiger partial charge in [0.05, 0.1) is 87.7 Å². The van der Waals surface area contributed by atoms with E-state index in [1.54, 1.807) is 106 Å². The van der Waals surface area contributed by atoms with Gasteiger partial charge in [-0.05, 0) is 197 Å². The van der Waals surface area contributed by atoms with Crippen molar-refractivity contribution in [3.8, 4) is 51.6 Å². The molecule has 3 amide bonds. The Morgan fingerprint density at radius 1 is 0.369 bits per heavy atom. The van der Waals surface area contributed by atoms with Gasteiger partial charge in [0.1, 0.15) is 52.0 Å². The normalized spacial score (nSPS) is 14.0. The SMILES string of the molecule is CC(=O)c1ccc(OC(C)C)c(-n2c(CN3CCN(C(=O)COc4ccc(C)cc4)CC3)nc3ccccc3c2=O)c1.Cc1ccc(OCC(=O)N2CCN(Cc3nc4ccccc4c(=O)n3-c3cc(C(=O)C(F)(F)F)ccc3OC(C)C)CC2)cc1.Cc1ccc(OCC(=O)N2CCN(Cc3nc4ccccc4c(=O)n3-c3cc(C(=O)CF)ccc3OC(C)C)CC2)cc1. The maximum Gasteiger partial charge on any atom is 0.454 e. The van der Waals surface area contributed by atoms with Gasteiger partial charge in [0, 0.05) is 95.2 Å². The molecule has 27 nitrogen and oxygen atoms in total. The first-order valence-corrected chi connectivity index (χ1v) is 43.1. The van der Waals surface area contributed by atoms with E-state index in [1.165, 1.54) is 34.3 Å². The second-order valence-corrected chi connectivity index (χ2v) is 32.8. The largest absolute Gasteiger partial charge is 0.489 e. The number of ketones is 3. The molecule has 12 aromatic rings. The Hall–Kier alpha value is -13.8. The van der Waals surface area contributed by atoms with Crippen LogP contribution >= 0.6 is 0 Å². The number of Topliss-reactive ketones (excluding diaryl/α,β-unsaturated/α-hetero) is 3. The molecule has 3 fully saturated rings. The lowest BCUT2D eigenvalue weighted by Gasteiger charge is -2.34. The van der Waals surface area contributed by atoms with Crippen LogP contribution in [0, 0.1) is 20.8 Å². The number of piperazine rings is 3. The van der Waals surface area contributed by atoms with Crippen LogP contribution < -0.4 is 45.1 Å². The monoisotopic (exact) mass is 1780 g/mol. The van der Waals surface area contributed by atoms with Gasteiger partial charge in [-0.1, -0.05) is 89.5 Å². The van der Waals surface area contributed by atoms with Crippen molar-refractivity contribution in [3.05, 3.63) is 282 Å². The highest BCUT2D eigenvalue weighted by atomic mass is 19.4. The molecule has 3 saturated heterocycles. The summed E-state index contributed by atoms with van der Waals surface area (Å²) in [6.45, 7) is 24.2. The van der Waals surface area contributed by atoms with Gasteiger partial charge in [0.25, 0.3) is 40.2 Å². The maximum absolute atomic E-state index is 14.0. The van der Waals surface area contributed by atoms with Gasteiger partial charge < -0.3 is 43.1 Å². The fourth-order valence-corrected chi connectivity index (χ4v) is 15.2. The average Bonchev–Trinajstić information content (AvgIpc) is 0.763. The number of carbonyl (C=O) groups excluding carboxylic acids is 6. The average molecular weight is 1780 g/mol. The minimum atomic E-state index is -5.10. The number of hydrogen-bond acceptors (Lipinski definition) is 21. The highest BCUT2D eigenvalue weighted by Crippen LogP contribution is 2.34. The molecule has 3 aromatic heterocycles. The molecule has 0 radical (unpaired) electrons. The number of ether oxygens (including phenoxy) is 6. The van der Waals surface area contributed by atoms with Crippen LogP contribution in [0.4, 0.5) is 17.6 Å². The van der Waals surface area contributed by atoms with Crippen LogP contribution in [0.2, 0.25) is 0 Å². The lowest BCUT2D eigenvalue weighted by Crippen LogP contribution is -2.50. The molecule has 9 aromatic carbocycles. The van der Waals surface area contributed by atoms with E-state index in [1.807, 2.05) is 150 Å². The summed E-state index contributed by atoms with van der Waals surface area (Å²) in [7, 11) is 0. The highest BCUT2D eigenvalue weighted by Gasteiger charge is 2.40. The Labute approximate surface area is 748 Å². The Morgan fingerprint density at radius 2 is 0.646 bits per heavy atom. The van der Waals surface area contributed by atoms with Crippen molar-refractivity contribution < 1.29 is 74.8 Å². The zero-order valence-electron chi connectivity index (χ0n) is 74.2. The first kappa shape index (κ1) is 93.8. The van der Waals surface area contributed by atoms with Crippen molar-refractivity contribution in [2.45, 2.75) is 113 Å². The Balaban J connectivity index is 0.000000166. The third-order valence-electron chi connectivity index (χ3n) is 22.0. The number of aryl methyl sites for hydroxylation is 3. The third-order valence-corrected chi connectivity index (χ3v) is 22.0. The molecule has 6 heterocycles. The molecule has 0 spiro atoms. The second-order valence-electron chi connectivity index (χ2n) is 32.8. The number of hydrogen-bond donors (Lipinski definition) is 0. The number of rotatable bonds is 28. The van der Waals surface area contributed by atoms with E-state index < -0.39 is 35.5 Å². The van der Waals surface area contributed by atoms with Crippen LogP contribution in [0.5, 0.6) is 34.5 Å². The fourth-order valence-electron chi connectivity index (χ4n) is 15.2. The first-order chi connectivity index (χ1) is 62.3. The quantitative estimate of drug-likeness (QED) is 0.0325. The van der Waals surface area contributed by atoms with Gasteiger partial charge >= 0.3 is 6.18 Å². The summed E-state index contributed by atoms with van der Waals surface area (Å²) in [5.74, 6) is 1.05. The number of nitrogens with zero attached hydrogens (tertiary/aromatic N) is 12. The fraction of sp³-hybridized carbons (Fsp3) is 0.333. The number of para-hydroxylation sites is 3. The number of fused-ring (bicyclic) bond motifs is 3. The van der Waals surface area contributed by atoms with Gasteiger partial charge in [0.2, 0.25) is 0 Å². The molecule has 3 aliphatic heterocycles. The molecule has 0 atom stereocenters. The highest BCUT2D eigenvalue weighted by molar-refractivity contribution is 6.01. The number of alkyl halides is 4. The van der Waals surface area contributed by atoms with Crippen LogP contribution in [0.1, 0.15) is 114 Å². The molecular weight excluding hydrogens is 1670 g/mol. The van der Waals surface area contributed by atoms with Gasteiger partial charge in [0.15, 0.2) is 38.1 Å². The number of carbonyl (C=O) groups is 6. The summed E-state index contributed by atoms with van der Waals surface area (Å²) in [4.78, 5) is 143. The predicted octanol–water partition coefficient (Wildman–Crippen LogP) is 13.7. The van der Waals surface area contributed by atoms with E-state index in [2.05, 4.69) is 9.80 Å². The molecular formula is C99H104F4N12O15. The van der Waals surface area contributed by atoms with Crippen molar-refractivity contribution in [2.24, 2.45) is 0 Å². The van der Waals surface area contributed by atoms with E-state index in [-0.39, 0.29) is 108 Å². The number of amides is 3. The van der Waals surface area contributed by atoms with Gasteiger partial charge in [-0.25, -0.2) is 19.3 Å². The van der Waals surface area contributed by atoms with Crippen molar-refractivity contribution in [1.82, 2.24) is 58.1 Å². The maximum atomic E-state index is 14.0. The van der Waals surface area contributed by atoms with E-state index in [0.29, 0.717) is 176 Å². The Kier molecular flexibility index (Phi) is 30.6. The van der Waals surface area contributed by atoms with Gasteiger partial charge in [-0.3, -0.25) is 71.6 Å². The van der Waals surface area contributed by atoms with Crippen LogP contribution in [0.3, 0.4) is 0 Å². The lowest BCUT2D eigenvalue weighted by atomic mass is 10.1. The predicted molar refractivity (Wildman–Crippen MR) is 486 cm³/mol. The van der Waals surface area contributed by atoms with Crippen molar-refractivity contribution in [3.63, 3.8) is 0 Å². The topological polar surface area (TPSA) is 282 Å². The van der Waals surface area contributed by atoms with Gasteiger partial charge in [-0.2, -0.15) is 13.2 Å². The first-order valence-electron chi connectivity index (χ1n) is 43.1. The molecule has 15 rings (SSSR count). The number of aromatic nitrogens is 6. The van der Waals surface area contributed by atoms with E-state index in [0.717, 1.165) is 28.8 Å². The minimum absolute atomic E-state index is 0.0139. The molecule has 130 heavy (non-hydrogen) atoms. The summed E-state index contributed by atoms with van der Waals surface area (Å²) < 4.78 is 92.7. The van der Waals surface area contributed by atoms with E-state index >= 15 is 0 Å². The second kappa shape index (κ2) is 42.4. The van der Waals surface area contributed by atoms with Gasteiger partial charge in [-0.15, -0.1) is 0 Å². The molecule has 0 N–H and O–H groups in total. The Bertz CT molecular complexity index is 6300. The summed E-state index contributed by atoms with van der Waals surface area (Å²) in [5.41, 5.74) is 4.63. The summed E-state index contributed by atoms with van der Waals surface area (Å²) in [6.07, 6.45) is -5.83. The summed E-state index contributed by atoms with van der Waals surface area (Å²) in [5, 5.41) is 1.15. The zero-order chi connectivity index (χ0) is 92.6. The van der Waals surface area contributed by atoms with E-state index in [9.17, 15) is 60.7 Å². The van der Waals surface area contributed by atoms with Crippen LogP contribution in [0.15, 0.2) is 215 Å². The number of benzene rings is 9. The molecule has 0 unspecified atom stereocenters. The summed E-state index contributed by atoms with van der Waals surface area (Å²) in [6, 6.07) is 56.7. The molecule has 31 heteroatoms. The van der Waals surface area contributed by atoms with Crippen LogP contribution in [0.25, 0.3) is 49.8 Å². The number of halogens is 4. The standard InChI is InChI=1S/C33H33F3N4O5.C33H35FN4O5.C33H36N4O5/c1-21(2)45-28-13-10-23(31(42)33(34,35)36)18-27(28)40-29(37-26-7-5-4-6-25(26)32(40)43)19-38-14-16-39(17-15-38)30(41)20-44-24-11-8-22(3)9-12-24;1-22(2)43-30-13-10-24(29(39)19-34)18-28(30)38-31(35-27-7-5-4-6-26(27)33(38)41)20-36-14-16-37(17-15-36)32(40)21-42-25-11-8-23(3)9-12-25;1-22(2)42-30-14-11-25(24(4)38)19-29(30)37-31(34-28-8-6-5-7-27(28)33(37)40)20-35-15-17-36(18-16-35)32(39)21-41-26-12-9-23(3)10-13-26/h4-13,18,21H,14-17,19-20H2,1-3H3;4-13,18,22H,14-17,19-21H2,1-3H3;5-14,19,22H,15-18,20-21H2,1-4H3. The third kappa shape index (κ3) is 23.6. The van der Waals surface area contributed by atoms with Crippen molar-refractivity contribution in [2.75, 3.05) is 105 Å². The van der Waals surface area contributed by atoms with Crippen LogP contribution in [-0.2, 0) is 34.0 Å².